The van der Waals surface area contributed by atoms with Gasteiger partial charge in [0.2, 0.25) is 0 Å². The van der Waals surface area contributed by atoms with Crippen LogP contribution in [-0.2, 0) is 56.9 Å². The van der Waals surface area contributed by atoms with E-state index in [0.717, 1.165) is 6.07 Å². The minimum absolute atomic E-state index is 0. The van der Waals surface area contributed by atoms with Crippen molar-refractivity contribution in [2.24, 2.45) is 20.5 Å². The molecule has 63 heavy (non-hydrogen) atoms. The third kappa shape index (κ3) is 22.4. The topological polar surface area (TPSA) is 358 Å². The first-order valence-corrected chi connectivity index (χ1v) is 27.6. The number of nitrogens with one attached hydrogen (secondary N) is 1. The predicted molar refractivity (Wildman–Crippen MR) is 210 cm³/mol. The molecule has 322 valence electrons. The molecular formula is C29H27I2KN7Na3O16S5. The van der Waals surface area contributed by atoms with Gasteiger partial charge >= 0.3 is 178 Å². The van der Waals surface area contributed by atoms with E-state index in [9.17, 15) is 45.1 Å². The quantitative estimate of drug-likeness (QED) is 0.00803. The molecule has 1 amide bonds. The van der Waals surface area contributed by atoms with E-state index in [-0.39, 0.29) is 240 Å². The minimum Gasteiger partial charge on any atom is 1.00 e. The first kappa shape index (κ1) is 64.4. The zero-order valence-corrected chi connectivity index (χ0v) is 50.6. The molecule has 0 aliphatic rings. The molecule has 0 atom stereocenters. The van der Waals surface area contributed by atoms with E-state index < -0.39 is 63.5 Å². The van der Waals surface area contributed by atoms with Gasteiger partial charge in [0.15, 0.2) is 44.3 Å². The molecule has 0 unspecified atom stereocenters. The number of halogens is 2. The maximum Gasteiger partial charge on any atom is 1.00 e. The van der Waals surface area contributed by atoms with E-state index in [1.54, 1.807) is 0 Å². The van der Waals surface area contributed by atoms with Gasteiger partial charge in [-0.1, -0.05) is 12.1 Å². The van der Waals surface area contributed by atoms with Crippen molar-refractivity contribution < 1.29 is 231 Å². The molecule has 0 aromatic heterocycles. The van der Waals surface area contributed by atoms with Crippen molar-refractivity contribution in [1.29, 1.82) is 0.594 Å². The SMILES string of the molecule is Nc1c(N=Nc2ccc(S(=O)(=O)CCOSOO[O-])cc2)cc(S(=O)(=O)[O-])c(N)c1N=Nc1cccc(C(=O)Nc2cccc(S(=O)(=O)CCOSOO[O-])c2)c1.[2H][I-]I.[K+].[Na+].[Na+].[Na+]. The van der Waals surface area contributed by atoms with Crippen LogP contribution >= 0.6 is 43.3 Å². The summed E-state index contributed by atoms with van der Waals surface area (Å²) in [6.45, 7) is -0.693. The standard InChI is InChI=1S/C29H29N7O16S5.HI2.K.3Na/c30-26-24(35-33-19-7-9-22(10-8-19)55(40,41)13-11-47-53-51-49-38)17-25(57(44,45)46)27(31)28(26)36-34-21-5-1-3-18(15-21)29(37)32-20-4-2-6-23(16-20)56(42,43)14-12-48-54-52-50-39;1-2;;;;/h1-10,15-17,38-39H,11-14,30-31H2,(H,32,37)(H,44,45,46);1H;;;;/q;-1;4*+1/p-3/i;1D;;;;. The van der Waals surface area contributed by atoms with Crippen LogP contribution in [0.2, 0.25) is 0 Å². The average Bonchev–Trinajstić information content (AvgIpc) is 3.20. The Hall–Kier alpha value is 1.44. The fourth-order valence-corrected chi connectivity index (χ4v) is 7.81. The summed E-state index contributed by atoms with van der Waals surface area (Å²) in [5.41, 5.74) is 10.6. The molecule has 0 saturated carbocycles. The van der Waals surface area contributed by atoms with Crippen LogP contribution < -0.4 is 186 Å². The Morgan fingerprint density at radius 2 is 1.29 bits per heavy atom. The maximum atomic E-state index is 13.1. The van der Waals surface area contributed by atoms with E-state index in [4.69, 9.17) is 20.4 Å². The monoisotopic (exact) mass is 1250 g/mol. The number of azo groups is 2. The second-order valence-corrected chi connectivity index (χ2v) is 17.2. The summed E-state index contributed by atoms with van der Waals surface area (Å²) in [5.74, 6) is -1.66. The molecule has 0 heterocycles. The number of nitrogen functional groups attached to an aromatic ring is 2. The van der Waals surface area contributed by atoms with Crippen molar-refractivity contribution in [3.8, 4) is 0 Å². The summed E-state index contributed by atoms with van der Waals surface area (Å²) in [5, 5.41) is 44.0. The van der Waals surface area contributed by atoms with Gasteiger partial charge in [0.1, 0.15) is 21.5 Å². The number of benzene rings is 4. The van der Waals surface area contributed by atoms with E-state index in [1.807, 2.05) is 0 Å². The summed E-state index contributed by atoms with van der Waals surface area (Å²) in [6.07, 6.45) is 0. The second-order valence-electron chi connectivity index (χ2n) is 10.6. The summed E-state index contributed by atoms with van der Waals surface area (Å²) in [7, 11) is -12.9. The third-order valence-electron chi connectivity index (χ3n) is 6.96. The summed E-state index contributed by atoms with van der Waals surface area (Å²) < 4.78 is 110. The van der Waals surface area contributed by atoms with Crippen molar-refractivity contribution in [3.05, 3.63) is 84.4 Å². The molecule has 0 aliphatic heterocycles. The summed E-state index contributed by atoms with van der Waals surface area (Å²) >= 11 is 2.18. The molecule has 0 bridgehead atoms. The van der Waals surface area contributed by atoms with Crippen LogP contribution in [0.4, 0.5) is 39.8 Å². The minimum atomic E-state index is -5.22. The van der Waals surface area contributed by atoms with Crippen LogP contribution in [0, 0.1) is 0 Å². The molecule has 4 rings (SSSR count). The number of carbonyl (C=O) groups excluding carboxylic acids is 1. The van der Waals surface area contributed by atoms with Gasteiger partial charge in [-0.2, -0.15) is 10.2 Å². The first-order valence-electron chi connectivity index (χ1n) is 15.7. The first-order chi connectivity index (χ1) is 28.5. The molecular weight excluding hydrogens is 1220 g/mol. The van der Waals surface area contributed by atoms with Crippen molar-refractivity contribution in [3.63, 3.8) is 0 Å². The number of anilines is 3. The van der Waals surface area contributed by atoms with Gasteiger partial charge in [0.25, 0.3) is 5.91 Å². The van der Waals surface area contributed by atoms with Crippen LogP contribution in [0.15, 0.2) is 114 Å². The number of carbonyl (C=O) groups is 1. The van der Waals surface area contributed by atoms with Gasteiger partial charge < -0.3 is 31.9 Å². The molecule has 23 nitrogen and oxygen atoms in total. The van der Waals surface area contributed by atoms with Gasteiger partial charge in [0.05, 0.1) is 62.2 Å². The number of hydrogen-bond donors (Lipinski definition) is 3. The summed E-state index contributed by atoms with van der Waals surface area (Å²) in [6, 6.07) is 16.6. The molecule has 34 heteroatoms. The molecule has 0 aliphatic carbocycles. The Morgan fingerprint density at radius 1 is 0.746 bits per heavy atom. The van der Waals surface area contributed by atoms with Crippen LogP contribution in [-0.4, -0.2) is 61.0 Å². The smallest absolute Gasteiger partial charge is 1.00 e. The average molecular weight is 1250 g/mol. The Morgan fingerprint density at radius 3 is 1.84 bits per heavy atom. The van der Waals surface area contributed by atoms with E-state index >= 15 is 0 Å². The number of hydrogen-bond acceptors (Lipinski definition) is 24. The summed E-state index contributed by atoms with van der Waals surface area (Å²) in [4.78, 5) is 11.9. The zero-order valence-electron chi connectivity index (χ0n) is 34.1. The number of sulfone groups is 2. The van der Waals surface area contributed by atoms with E-state index in [0.29, 0.717) is 0 Å². The largest absolute Gasteiger partial charge is 1.00 e. The molecule has 0 saturated heterocycles. The molecule has 0 fully saturated rings. The van der Waals surface area contributed by atoms with Crippen LogP contribution in [0.5, 0.6) is 0 Å². The van der Waals surface area contributed by atoms with Gasteiger partial charge in [-0.15, -0.1) is 18.9 Å². The number of nitrogens with zero attached hydrogens (tertiary/aromatic N) is 4. The predicted octanol–water partition coefficient (Wildman–Crippen LogP) is -11.4. The number of amides is 1. The second kappa shape index (κ2) is 33.9. The Balaban J connectivity index is 0. The van der Waals surface area contributed by atoms with Crippen molar-refractivity contribution >= 4 is 119 Å². The molecule has 0 spiro atoms. The van der Waals surface area contributed by atoms with Gasteiger partial charge in [-0.25, -0.2) is 25.3 Å². The third-order valence-corrected chi connectivity index (χ3v) is 12.0. The Kier molecular flexibility index (Phi) is 34.7. The molecule has 0 radical (unpaired) electrons. The molecule has 5 N–H and O–H groups in total. The van der Waals surface area contributed by atoms with E-state index in [1.165, 1.54) is 72.8 Å². The number of nitrogens with two attached hydrogens (primary N) is 2. The van der Waals surface area contributed by atoms with Gasteiger partial charge in [-0.05, 0) is 66.7 Å². The van der Waals surface area contributed by atoms with Crippen LogP contribution in [0.1, 0.15) is 10.4 Å². The fourth-order valence-electron chi connectivity index (χ4n) is 4.33. The maximum absolute atomic E-state index is 13.1. The van der Waals surface area contributed by atoms with Gasteiger partial charge in [-0.3, -0.25) is 23.2 Å². The van der Waals surface area contributed by atoms with Crippen molar-refractivity contribution in [2.45, 2.75) is 14.7 Å². The zero-order chi connectivity index (χ0) is 44.3. The molecule has 4 aromatic carbocycles. The number of rotatable bonds is 21. The van der Waals surface area contributed by atoms with Crippen LogP contribution in [0.3, 0.4) is 0 Å². The van der Waals surface area contributed by atoms with Crippen molar-refractivity contribution in [2.75, 3.05) is 41.5 Å². The van der Waals surface area contributed by atoms with Crippen molar-refractivity contribution in [1.82, 2.24) is 0 Å². The molecule has 4 aromatic rings. The fraction of sp³-hybridized carbons (Fsp3) is 0.138. The van der Waals surface area contributed by atoms with E-state index in [2.05, 4.69) is 63.1 Å². The normalized spacial score (nSPS) is 11.6. The van der Waals surface area contributed by atoms with Gasteiger partial charge in [0, 0.05) is 11.3 Å². The van der Waals surface area contributed by atoms with Crippen LogP contribution in [0.25, 0.3) is 0 Å². The Labute approximate surface area is 502 Å². The Bertz CT molecular complexity index is 2500.